The van der Waals surface area contributed by atoms with Crippen molar-refractivity contribution < 1.29 is 9.47 Å². The summed E-state index contributed by atoms with van der Waals surface area (Å²) >= 11 is 0. The van der Waals surface area contributed by atoms with Crippen molar-refractivity contribution >= 4 is 5.69 Å². The summed E-state index contributed by atoms with van der Waals surface area (Å²) in [5, 5.41) is 3.55. The fourth-order valence-corrected chi connectivity index (χ4v) is 3.46. The fraction of sp³-hybridized carbons (Fsp3) is 0.429. The summed E-state index contributed by atoms with van der Waals surface area (Å²) in [6, 6.07) is 16.6. The highest BCUT2D eigenvalue weighted by atomic mass is 16.5. The molecule has 0 aromatic heterocycles. The van der Waals surface area contributed by atoms with Crippen LogP contribution in [0.1, 0.15) is 57.9 Å². The number of nitrogens with one attached hydrogen (secondary N) is 1. The molecule has 0 spiro atoms. The molecule has 0 fully saturated rings. The smallest absolute Gasteiger partial charge is 0.158 e. The molecule has 3 heteroatoms. The van der Waals surface area contributed by atoms with Gasteiger partial charge < -0.3 is 14.8 Å². The Balaban J connectivity index is 2.03. The molecular formula is C21H27NO2. The number of rotatable bonds is 5. The number of ether oxygens (including phenoxy) is 2. The van der Waals surface area contributed by atoms with Gasteiger partial charge in [-0.05, 0) is 38.8 Å². The summed E-state index contributed by atoms with van der Waals surface area (Å²) in [5.41, 5.74) is 3.18. The molecule has 3 nitrogen and oxygen atoms in total. The van der Waals surface area contributed by atoms with E-state index in [1.54, 1.807) is 0 Å². The molecule has 24 heavy (non-hydrogen) atoms. The Kier molecular flexibility index (Phi) is 4.81. The summed E-state index contributed by atoms with van der Waals surface area (Å²) in [4.78, 5) is 0. The zero-order chi connectivity index (χ0) is 17.2. The van der Waals surface area contributed by atoms with Crippen molar-refractivity contribution in [1.29, 1.82) is 0 Å². The minimum Gasteiger partial charge on any atom is -0.491 e. The number of anilines is 1. The Labute approximate surface area is 145 Å². The second kappa shape index (κ2) is 6.86. The molecule has 3 rings (SSSR count). The van der Waals surface area contributed by atoms with Gasteiger partial charge in [0.1, 0.15) is 5.75 Å². The maximum atomic E-state index is 6.62. The van der Waals surface area contributed by atoms with Gasteiger partial charge in [-0.1, -0.05) is 50.2 Å². The third-order valence-electron chi connectivity index (χ3n) is 4.75. The van der Waals surface area contributed by atoms with Crippen LogP contribution in [0.25, 0.3) is 0 Å². The Hall–Kier alpha value is -2.00. The van der Waals surface area contributed by atoms with Crippen molar-refractivity contribution in [3.8, 4) is 5.75 Å². The second-order valence-corrected chi connectivity index (χ2v) is 6.59. The molecule has 1 heterocycles. The average molecular weight is 325 g/mol. The first-order valence-corrected chi connectivity index (χ1v) is 8.89. The van der Waals surface area contributed by atoms with Crippen LogP contribution in [-0.4, -0.2) is 6.10 Å². The first-order chi connectivity index (χ1) is 11.6. The molecule has 1 N–H and O–H groups in total. The number of hydrogen-bond donors (Lipinski definition) is 1. The lowest BCUT2D eigenvalue weighted by atomic mass is 9.85. The Morgan fingerprint density at radius 2 is 1.71 bits per heavy atom. The van der Waals surface area contributed by atoms with Crippen molar-refractivity contribution in [2.24, 2.45) is 0 Å². The van der Waals surface area contributed by atoms with Gasteiger partial charge in [-0.15, -0.1) is 0 Å². The summed E-state index contributed by atoms with van der Waals surface area (Å²) in [7, 11) is 0. The third-order valence-corrected chi connectivity index (χ3v) is 4.75. The van der Waals surface area contributed by atoms with E-state index in [2.05, 4.69) is 49.5 Å². The van der Waals surface area contributed by atoms with Crippen molar-refractivity contribution in [3.05, 3.63) is 59.7 Å². The highest BCUT2D eigenvalue weighted by Crippen LogP contribution is 2.47. The van der Waals surface area contributed by atoms with Crippen LogP contribution >= 0.6 is 0 Å². The van der Waals surface area contributed by atoms with Crippen LogP contribution in [0.2, 0.25) is 0 Å². The molecule has 2 aromatic carbocycles. The fourth-order valence-electron chi connectivity index (χ4n) is 3.46. The first kappa shape index (κ1) is 16.8. The van der Waals surface area contributed by atoms with Crippen molar-refractivity contribution in [1.82, 2.24) is 0 Å². The van der Waals surface area contributed by atoms with Crippen LogP contribution in [0.5, 0.6) is 5.75 Å². The van der Waals surface area contributed by atoms with Gasteiger partial charge in [0.15, 0.2) is 6.23 Å². The lowest BCUT2D eigenvalue weighted by molar-refractivity contribution is -0.104. The number of fused-ring (bicyclic) bond motifs is 1. The highest BCUT2D eigenvalue weighted by molar-refractivity contribution is 5.57. The lowest BCUT2D eigenvalue weighted by Crippen LogP contribution is -2.38. The molecule has 0 saturated carbocycles. The summed E-state index contributed by atoms with van der Waals surface area (Å²) in [6.07, 6.45) is 1.79. The van der Waals surface area contributed by atoms with Crippen molar-refractivity contribution in [3.63, 3.8) is 0 Å². The minimum atomic E-state index is -0.266. The monoisotopic (exact) mass is 325 g/mol. The standard InChI is InChI=1S/C21H27NO2/c1-5-21(6-2)17-12-8-9-13-18(17)22-20(24-21)16-11-7-10-14-19(16)23-15(3)4/h7-15,20,22H,5-6H2,1-4H3/t20-/m1/s1. The van der Waals surface area contributed by atoms with Gasteiger partial charge in [0.2, 0.25) is 0 Å². The molecule has 0 radical (unpaired) electrons. The van der Waals surface area contributed by atoms with Gasteiger partial charge in [0.05, 0.1) is 11.7 Å². The van der Waals surface area contributed by atoms with E-state index in [1.807, 2.05) is 32.0 Å². The maximum Gasteiger partial charge on any atom is 0.158 e. The van der Waals surface area contributed by atoms with Crippen LogP contribution in [0.15, 0.2) is 48.5 Å². The van der Waals surface area contributed by atoms with Gasteiger partial charge in [0, 0.05) is 16.8 Å². The number of hydrogen-bond acceptors (Lipinski definition) is 3. The number of benzene rings is 2. The average Bonchev–Trinajstić information content (AvgIpc) is 2.60. The molecule has 0 bridgehead atoms. The Bertz CT molecular complexity index is 692. The molecular weight excluding hydrogens is 298 g/mol. The van der Waals surface area contributed by atoms with Crippen molar-refractivity contribution in [2.45, 2.75) is 58.5 Å². The topological polar surface area (TPSA) is 30.5 Å². The van der Waals surface area contributed by atoms with E-state index in [4.69, 9.17) is 9.47 Å². The van der Waals surface area contributed by atoms with E-state index >= 15 is 0 Å². The Morgan fingerprint density at radius 1 is 1.04 bits per heavy atom. The zero-order valence-electron chi connectivity index (χ0n) is 15.0. The molecule has 1 atom stereocenters. The molecule has 0 saturated heterocycles. The zero-order valence-corrected chi connectivity index (χ0v) is 15.0. The molecule has 1 aliphatic rings. The molecule has 0 aliphatic carbocycles. The maximum absolute atomic E-state index is 6.62. The normalized spacial score (nSPS) is 18.8. The predicted octanol–water partition coefficient (Wildman–Crippen LogP) is 5.63. The van der Waals surface area contributed by atoms with Crippen LogP contribution < -0.4 is 10.1 Å². The number of para-hydroxylation sites is 2. The van der Waals surface area contributed by atoms with E-state index in [0.29, 0.717) is 0 Å². The van der Waals surface area contributed by atoms with Gasteiger partial charge in [-0.2, -0.15) is 0 Å². The van der Waals surface area contributed by atoms with E-state index in [1.165, 1.54) is 5.56 Å². The van der Waals surface area contributed by atoms with Crippen LogP contribution in [0, 0.1) is 0 Å². The lowest BCUT2D eigenvalue weighted by Gasteiger charge is -2.43. The third kappa shape index (κ3) is 3.01. The first-order valence-electron chi connectivity index (χ1n) is 8.89. The minimum absolute atomic E-state index is 0.129. The van der Waals surface area contributed by atoms with Gasteiger partial charge in [-0.25, -0.2) is 0 Å². The van der Waals surface area contributed by atoms with Crippen molar-refractivity contribution in [2.75, 3.05) is 5.32 Å². The predicted molar refractivity (Wildman–Crippen MR) is 98.4 cm³/mol. The highest BCUT2D eigenvalue weighted by Gasteiger charge is 2.39. The second-order valence-electron chi connectivity index (χ2n) is 6.59. The van der Waals surface area contributed by atoms with Gasteiger partial charge in [-0.3, -0.25) is 0 Å². The van der Waals surface area contributed by atoms with E-state index in [-0.39, 0.29) is 17.9 Å². The molecule has 0 unspecified atom stereocenters. The quantitative estimate of drug-likeness (QED) is 0.773. The molecule has 2 aromatic rings. The van der Waals surface area contributed by atoms with Crippen LogP contribution in [0.3, 0.4) is 0 Å². The largest absolute Gasteiger partial charge is 0.491 e. The summed E-state index contributed by atoms with van der Waals surface area (Å²) in [5.74, 6) is 0.880. The van der Waals surface area contributed by atoms with Crippen LogP contribution in [-0.2, 0) is 10.3 Å². The van der Waals surface area contributed by atoms with Gasteiger partial charge >= 0.3 is 0 Å². The SMILES string of the molecule is CCC1(CC)O[C@H](c2ccccc2OC(C)C)Nc2ccccc21. The summed E-state index contributed by atoms with van der Waals surface area (Å²) < 4.78 is 12.6. The van der Waals surface area contributed by atoms with E-state index in [0.717, 1.165) is 29.8 Å². The molecule has 0 amide bonds. The molecule has 128 valence electrons. The molecule has 1 aliphatic heterocycles. The van der Waals surface area contributed by atoms with Gasteiger partial charge in [0.25, 0.3) is 0 Å². The van der Waals surface area contributed by atoms with Crippen LogP contribution in [0.4, 0.5) is 5.69 Å². The van der Waals surface area contributed by atoms with E-state index < -0.39 is 0 Å². The summed E-state index contributed by atoms with van der Waals surface area (Å²) in [6.45, 7) is 8.48. The Morgan fingerprint density at radius 3 is 2.42 bits per heavy atom. The van der Waals surface area contributed by atoms with E-state index in [9.17, 15) is 0 Å².